The van der Waals surface area contributed by atoms with Gasteiger partial charge in [0.25, 0.3) is 0 Å². The van der Waals surface area contributed by atoms with Crippen molar-refractivity contribution in [3.63, 3.8) is 0 Å². The molecule has 1 amide bonds. The molecule has 9 heteroatoms. The van der Waals surface area contributed by atoms with Gasteiger partial charge in [-0.25, -0.2) is 0 Å². The van der Waals surface area contributed by atoms with Crippen LogP contribution in [0.3, 0.4) is 0 Å². The smallest absolute Gasteiger partial charge is 0.226 e. The molecule has 0 radical (unpaired) electrons. The number of carbonyl (C=O) groups is 1. The Hall–Kier alpha value is -2.00. The third-order valence-electron chi connectivity index (χ3n) is 3.29. The Kier molecular flexibility index (Phi) is 7.32. The summed E-state index contributed by atoms with van der Waals surface area (Å²) < 4.78 is 16.8. The number of methoxy groups -OCH3 is 3. The number of carbonyl (C=O) groups excluding carboxylic acids is 1. The van der Waals surface area contributed by atoms with E-state index in [0.717, 1.165) is 15.7 Å². The number of hydrogen-bond acceptors (Lipinski definition) is 8. The molecule has 0 unspecified atom stereocenters. The van der Waals surface area contributed by atoms with Crippen LogP contribution in [0, 0.1) is 0 Å². The summed E-state index contributed by atoms with van der Waals surface area (Å²) in [4.78, 5) is 12.1. The maximum Gasteiger partial charge on any atom is 0.226 e. The number of rotatable bonds is 9. The SMILES string of the molecule is CCSc1nnc(NC(=O)CCc2cc(OC)c(OC)c(OC)c2)s1. The van der Waals surface area contributed by atoms with E-state index in [-0.39, 0.29) is 5.91 Å². The molecule has 0 fully saturated rings. The Morgan fingerprint density at radius 3 is 2.40 bits per heavy atom. The number of aromatic nitrogens is 2. The fourth-order valence-corrected chi connectivity index (χ4v) is 3.83. The molecule has 136 valence electrons. The Morgan fingerprint density at radius 2 is 1.84 bits per heavy atom. The van der Waals surface area contributed by atoms with Gasteiger partial charge in [0.1, 0.15) is 0 Å². The average molecular weight is 383 g/mol. The third kappa shape index (κ3) is 5.23. The van der Waals surface area contributed by atoms with Crippen molar-refractivity contribution in [1.29, 1.82) is 0 Å². The lowest BCUT2D eigenvalue weighted by molar-refractivity contribution is -0.116. The van der Waals surface area contributed by atoms with Crippen LogP contribution in [-0.4, -0.2) is 43.2 Å². The molecule has 0 atom stereocenters. The van der Waals surface area contributed by atoms with Crippen LogP contribution in [0.15, 0.2) is 16.5 Å². The first-order valence-corrected chi connectivity index (χ1v) is 9.46. The molecule has 0 spiro atoms. The molecule has 0 aliphatic rings. The summed E-state index contributed by atoms with van der Waals surface area (Å²) in [5.41, 5.74) is 0.921. The molecule has 1 heterocycles. The van der Waals surface area contributed by atoms with Crippen molar-refractivity contribution in [3.05, 3.63) is 17.7 Å². The highest BCUT2D eigenvalue weighted by Crippen LogP contribution is 2.38. The molecule has 2 aromatic rings. The molecule has 0 saturated carbocycles. The predicted octanol–water partition coefficient (Wildman–Crippen LogP) is 3.25. The quantitative estimate of drug-likeness (QED) is 0.526. The zero-order valence-electron chi connectivity index (χ0n) is 14.6. The summed E-state index contributed by atoms with van der Waals surface area (Å²) in [6.07, 6.45) is 0.854. The highest BCUT2D eigenvalue weighted by Gasteiger charge is 2.14. The minimum atomic E-state index is -0.113. The van der Waals surface area contributed by atoms with Gasteiger partial charge in [-0.15, -0.1) is 10.2 Å². The average Bonchev–Trinajstić information content (AvgIpc) is 3.06. The monoisotopic (exact) mass is 383 g/mol. The second-order valence-corrected chi connectivity index (χ2v) is 7.38. The lowest BCUT2D eigenvalue weighted by Gasteiger charge is -2.14. The van der Waals surface area contributed by atoms with Crippen molar-refractivity contribution in [1.82, 2.24) is 10.2 Å². The lowest BCUT2D eigenvalue weighted by Crippen LogP contribution is -2.12. The van der Waals surface area contributed by atoms with Crippen LogP contribution in [-0.2, 0) is 11.2 Å². The van der Waals surface area contributed by atoms with Crippen molar-refractivity contribution in [2.24, 2.45) is 0 Å². The first-order chi connectivity index (χ1) is 12.1. The molecular formula is C16H21N3O4S2. The first kappa shape index (κ1) is 19.3. The Morgan fingerprint density at radius 1 is 1.16 bits per heavy atom. The Balaban J connectivity index is 1.98. The van der Waals surface area contributed by atoms with Gasteiger partial charge >= 0.3 is 0 Å². The summed E-state index contributed by atoms with van der Waals surface area (Å²) in [5, 5.41) is 11.3. The molecule has 1 aromatic heterocycles. The lowest BCUT2D eigenvalue weighted by atomic mass is 10.1. The maximum atomic E-state index is 12.1. The topological polar surface area (TPSA) is 82.6 Å². The first-order valence-electron chi connectivity index (χ1n) is 7.66. The number of amides is 1. The maximum absolute atomic E-state index is 12.1. The molecule has 0 bridgehead atoms. The Labute approximate surface area is 155 Å². The van der Waals surface area contributed by atoms with E-state index in [9.17, 15) is 4.79 Å². The van der Waals surface area contributed by atoms with Crippen molar-refractivity contribution >= 4 is 34.1 Å². The second kappa shape index (κ2) is 9.47. The number of hydrogen-bond donors (Lipinski definition) is 1. The van der Waals surface area contributed by atoms with Gasteiger partial charge in [-0.2, -0.15) is 0 Å². The van der Waals surface area contributed by atoms with Gasteiger partial charge in [0.15, 0.2) is 15.8 Å². The predicted molar refractivity (Wildman–Crippen MR) is 99.4 cm³/mol. The number of aryl methyl sites for hydroxylation is 1. The van der Waals surface area contributed by atoms with Gasteiger partial charge in [0, 0.05) is 6.42 Å². The van der Waals surface area contributed by atoms with Crippen LogP contribution >= 0.6 is 23.1 Å². The van der Waals surface area contributed by atoms with Crippen LogP contribution < -0.4 is 19.5 Å². The van der Waals surface area contributed by atoms with Crippen LogP contribution in [0.5, 0.6) is 17.2 Å². The number of benzene rings is 1. The van der Waals surface area contributed by atoms with E-state index < -0.39 is 0 Å². The largest absolute Gasteiger partial charge is 0.493 e. The normalized spacial score (nSPS) is 10.4. The number of ether oxygens (including phenoxy) is 3. The summed E-state index contributed by atoms with van der Waals surface area (Å²) in [6.45, 7) is 2.04. The summed E-state index contributed by atoms with van der Waals surface area (Å²) in [6, 6.07) is 3.69. The van der Waals surface area contributed by atoms with Crippen molar-refractivity contribution < 1.29 is 19.0 Å². The van der Waals surface area contributed by atoms with Crippen molar-refractivity contribution in [2.45, 2.75) is 24.1 Å². The van der Waals surface area contributed by atoms with E-state index in [1.54, 1.807) is 33.1 Å². The van der Waals surface area contributed by atoms with Gasteiger partial charge in [0.2, 0.25) is 16.8 Å². The molecule has 2 rings (SSSR count). The number of anilines is 1. The third-order valence-corrected chi connectivity index (χ3v) is 5.14. The Bertz CT molecular complexity index is 696. The molecular weight excluding hydrogens is 362 g/mol. The zero-order valence-corrected chi connectivity index (χ0v) is 16.3. The highest BCUT2D eigenvalue weighted by molar-refractivity contribution is 8.01. The molecule has 0 saturated heterocycles. The van der Waals surface area contributed by atoms with E-state index >= 15 is 0 Å². The fraction of sp³-hybridized carbons (Fsp3) is 0.438. The van der Waals surface area contributed by atoms with E-state index in [0.29, 0.717) is 35.2 Å². The molecule has 7 nitrogen and oxygen atoms in total. The van der Waals surface area contributed by atoms with E-state index in [1.165, 1.54) is 11.3 Å². The van der Waals surface area contributed by atoms with Crippen LogP contribution in [0.4, 0.5) is 5.13 Å². The van der Waals surface area contributed by atoms with Gasteiger partial charge in [-0.3, -0.25) is 4.79 Å². The minimum Gasteiger partial charge on any atom is -0.493 e. The second-order valence-electron chi connectivity index (χ2n) is 4.89. The van der Waals surface area contributed by atoms with Crippen LogP contribution in [0.1, 0.15) is 18.9 Å². The number of thioether (sulfide) groups is 1. The summed E-state index contributed by atoms with van der Waals surface area (Å²) in [5.74, 6) is 2.49. The summed E-state index contributed by atoms with van der Waals surface area (Å²) >= 11 is 2.98. The molecule has 0 aliphatic heterocycles. The number of nitrogens with one attached hydrogen (secondary N) is 1. The van der Waals surface area contributed by atoms with E-state index in [4.69, 9.17) is 14.2 Å². The van der Waals surface area contributed by atoms with Crippen LogP contribution in [0.2, 0.25) is 0 Å². The molecule has 0 aliphatic carbocycles. The molecule has 1 N–H and O–H groups in total. The molecule has 25 heavy (non-hydrogen) atoms. The van der Waals surface area contributed by atoms with Crippen LogP contribution in [0.25, 0.3) is 0 Å². The van der Waals surface area contributed by atoms with Gasteiger partial charge in [-0.05, 0) is 29.9 Å². The zero-order chi connectivity index (χ0) is 18.2. The highest BCUT2D eigenvalue weighted by atomic mass is 32.2. The molecule has 1 aromatic carbocycles. The minimum absolute atomic E-state index is 0.113. The van der Waals surface area contributed by atoms with E-state index in [1.807, 2.05) is 19.1 Å². The van der Waals surface area contributed by atoms with Gasteiger partial charge in [-0.1, -0.05) is 30.0 Å². The number of nitrogens with zero attached hydrogens (tertiary/aromatic N) is 2. The van der Waals surface area contributed by atoms with Gasteiger partial charge in [0.05, 0.1) is 21.3 Å². The van der Waals surface area contributed by atoms with Crippen molar-refractivity contribution in [3.8, 4) is 17.2 Å². The summed E-state index contributed by atoms with van der Waals surface area (Å²) in [7, 11) is 4.69. The standard InChI is InChI=1S/C16H21N3O4S2/c1-5-24-16-19-18-15(25-16)17-13(20)7-6-10-8-11(21-2)14(23-4)12(9-10)22-3/h8-9H,5-7H2,1-4H3,(H,17,18,20). The van der Waals surface area contributed by atoms with E-state index in [2.05, 4.69) is 15.5 Å². The van der Waals surface area contributed by atoms with Crippen molar-refractivity contribution in [2.75, 3.05) is 32.4 Å². The fourth-order valence-electron chi connectivity index (χ4n) is 2.16. The van der Waals surface area contributed by atoms with Gasteiger partial charge < -0.3 is 19.5 Å².